The SMILES string of the molecule is [2H]C([2H])([2H])n1cnc2c1CCN(C(=O)OC(C)(C)C)C2. The molecule has 5 nitrogen and oxygen atoms in total. The van der Waals surface area contributed by atoms with Gasteiger partial charge in [0, 0.05) is 29.7 Å². The van der Waals surface area contributed by atoms with Gasteiger partial charge in [-0.2, -0.15) is 0 Å². The van der Waals surface area contributed by atoms with Gasteiger partial charge in [0.1, 0.15) is 5.60 Å². The molecule has 0 bridgehead atoms. The summed E-state index contributed by atoms with van der Waals surface area (Å²) in [5, 5.41) is 0. The molecule has 0 spiro atoms. The van der Waals surface area contributed by atoms with Gasteiger partial charge in [0.05, 0.1) is 18.6 Å². The highest BCUT2D eigenvalue weighted by Crippen LogP contribution is 2.19. The lowest BCUT2D eigenvalue weighted by molar-refractivity contribution is 0.0220. The molecule has 2 heterocycles. The van der Waals surface area contributed by atoms with Gasteiger partial charge >= 0.3 is 6.09 Å². The van der Waals surface area contributed by atoms with Crippen molar-refractivity contribution in [3.8, 4) is 0 Å². The van der Waals surface area contributed by atoms with Crippen LogP contribution in [0.5, 0.6) is 0 Å². The number of aryl methyl sites for hydroxylation is 1. The molecule has 0 atom stereocenters. The summed E-state index contributed by atoms with van der Waals surface area (Å²) in [5.74, 6) is 0. The fourth-order valence-corrected chi connectivity index (χ4v) is 1.79. The van der Waals surface area contributed by atoms with Crippen molar-refractivity contribution in [2.24, 2.45) is 6.98 Å². The molecule has 0 aliphatic carbocycles. The Kier molecular flexibility index (Phi) is 2.04. The predicted octanol–water partition coefficient (Wildman–Crippen LogP) is 1.71. The Labute approximate surface area is 106 Å². The van der Waals surface area contributed by atoms with Crippen LogP contribution in [-0.4, -0.2) is 32.7 Å². The summed E-state index contributed by atoms with van der Waals surface area (Å²) in [6.07, 6.45) is 1.38. The minimum Gasteiger partial charge on any atom is -0.444 e. The van der Waals surface area contributed by atoms with E-state index in [-0.39, 0.29) is 6.54 Å². The van der Waals surface area contributed by atoms with Gasteiger partial charge in [-0.05, 0) is 20.8 Å². The molecule has 1 aliphatic heterocycles. The van der Waals surface area contributed by atoms with Crippen molar-refractivity contribution in [3.63, 3.8) is 0 Å². The number of hydrogen-bond donors (Lipinski definition) is 0. The van der Waals surface area contributed by atoms with Crippen LogP contribution >= 0.6 is 0 Å². The monoisotopic (exact) mass is 240 g/mol. The second-order valence-electron chi connectivity index (χ2n) is 5.16. The summed E-state index contributed by atoms with van der Waals surface area (Å²) in [5.41, 5.74) is 0.748. The lowest BCUT2D eigenvalue weighted by Crippen LogP contribution is -2.40. The van der Waals surface area contributed by atoms with Crippen molar-refractivity contribution in [2.45, 2.75) is 39.3 Å². The smallest absolute Gasteiger partial charge is 0.410 e. The van der Waals surface area contributed by atoms with Crippen LogP contribution in [0, 0.1) is 0 Å². The van der Waals surface area contributed by atoms with Gasteiger partial charge in [-0.1, -0.05) is 0 Å². The average Bonchev–Trinajstić information content (AvgIpc) is 2.68. The average molecular weight is 240 g/mol. The van der Waals surface area contributed by atoms with Gasteiger partial charge in [-0.3, -0.25) is 0 Å². The maximum atomic E-state index is 12.0. The molecule has 0 fully saturated rings. The minimum atomic E-state index is -2.23. The molecule has 0 unspecified atom stereocenters. The molecule has 0 radical (unpaired) electrons. The molecule has 0 saturated carbocycles. The molecule has 5 heteroatoms. The topological polar surface area (TPSA) is 47.4 Å². The molecule has 0 N–H and O–H groups in total. The van der Waals surface area contributed by atoms with Gasteiger partial charge < -0.3 is 14.2 Å². The first kappa shape index (κ1) is 8.55. The van der Waals surface area contributed by atoms with Crippen LogP contribution in [0.1, 0.15) is 36.3 Å². The third-order valence-corrected chi connectivity index (χ3v) is 2.56. The van der Waals surface area contributed by atoms with Crippen molar-refractivity contribution in [1.29, 1.82) is 0 Å². The molecule has 94 valence electrons. The number of amides is 1. The highest BCUT2D eigenvalue weighted by atomic mass is 16.6. The van der Waals surface area contributed by atoms with Crippen LogP contribution in [0.2, 0.25) is 0 Å². The molecular weight excluding hydrogens is 218 g/mol. The number of carbonyl (C=O) groups excluding carboxylic acids is 1. The van der Waals surface area contributed by atoms with E-state index in [2.05, 4.69) is 4.98 Å². The lowest BCUT2D eigenvalue weighted by atomic mass is 10.1. The second kappa shape index (κ2) is 4.05. The fourth-order valence-electron chi connectivity index (χ4n) is 1.79. The first-order chi connectivity index (χ1) is 9.08. The largest absolute Gasteiger partial charge is 0.444 e. The van der Waals surface area contributed by atoms with E-state index in [1.165, 1.54) is 10.9 Å². The standard InChI is InChI=1S/C12H19N3O2/c1-12(2,3)17-11(16)15-6-5-10-9(7-15)13-8-14(10)4/h8H,5-7H2,1-4H3/i4D3. The number of imidazole rings is 1. The molecule has 2 rings (SSSR count). The number of rotatable bonds is 0. The zero-order valence-electron chi connectivity index (χ0n) is 13.4. The Balaban J connectivity index is 2.13. The molecule has 1 aliphatic rings. The van der Waals surface area contributed by atoms with Crippen LogP contribution in [-0.2, 0) is 24.7 Å². The number of hydrogen-bond acceptors (Lipinski definition) is 3. The van der Waals surface area contributed by atoms with Crippen LogP contribution in [0.3, 0.4) is 0 Å². The fraction of sp³-hybridized carbons (Fsp3) is 0.667. The van der Waals surface area contributed by atoms with Crippen LogP contribution < -0.4 is 0 Å². The summed E-state index contributed by atoms with van der Waals surface area (Å²) in [6.45, 7) is 3.92. The first-order valence-electron chi connectivity index (χ1n) is 7.11. The summed E-state index contributed by atoms with van der Waals surface area (Å²) in [4.78, 5) is 17.6. The summed E-state index contributed by atoms with van der Waals surface area (Å²) < 4.78 is 28.8. The Morgan fingerprint density at radius 3 is 3.00 bits per heavy atom. The highest BCUT2D eigenvalue weighted by molar-refractivity contribution is 5.68. The summed E-state index contributed by atoms with van der Waals surface area (Å²) >= 11 is 0. The van der Waals surface area contributed by atoms with Gasteiger partial charge in [0.15, 0.2) is 0 Å². The highest BCUT2D eigenvalue weighted by Gasteiger charge is 2.27. The zero-order valence-corrected chi connectivity index (χ0v) is 10.4. The summed E-state index contributed by atoms with van der Waals surface area (Å²) in [7, 11) is 0. The minimum absolute atomic E-state index is 0.285. The Morgan fingerprint density at radius 2 is 2.35 bits per heavy atom. The predicted molar refractivity (Wildman–Crippen MR) is 63.6 cm³/mol. The number of nitrogens with zero attached hydrogens (tertiary/aromatic N) is 3. The zero-order chi connectivity index (χ0) is 15.1. The number of fused-ring (bicyclic) bond motifs is 1. The molecule has 1 aromatic rings. The van der Waals surface area contributed by atoms with E-state index in [0.717, 1.165) is 0 Å². The number of aromatic nitrogens is 2. The van der Waals surface area contributed by atoms with Crippen LogP contribution in [0.15, 0.2) is 6.33 Å². The third kappa shape index (κ3) is 2.60. The second-order valence-corrected chi connectivity index (χ2v) is 5.16. The molecular formula is C12H19N3O2. The van der Waals surface area contributed by atoms with Crippen molar-refractivity contribution >= 4 is 6.09 Å². The first-order valence-corrected chi connectivity index (χ1v) is 5.61. The van der Waals surface area contributed by atoms with Crippen molar-refractivity contribution in [3.05, 3.63) is 17.7 Å². The van der Waals surface area contributed by atoms with Crippen molar-refractivity contribution < 1.29 is 13.6 Å². The normalized spacial score (nSPS) is 19.0. The van der Waals surface area contributed by atoms with Gasteiger partial charge in [-0.15, -0.1) is 0 Å². The van der Waals surface area contributed by atoms with E-state index in [9.17, 15) is 4.79 Å². The lowest BCUT2D eigenvalue weighted by Gasteiger charge is -2.29. The quantitative estimate of drug-likeness (QED) is 0.693. The van der Waals surface area contributed by atoms with E-state index in [1.807, 2.05) is 20.8 Å². The number of carbonyl (C=O) groups is 1. The molecule has 17 heavy (non-hydrogen) atoms. The van der Waals surface area contributed by atoms with Crippen molar-refractivity contribution in [1.82, 2.24) is 14.5 Å². The molecule has 0 saturated heterocycles. The maximum Gasteiger partial charge on any atom is 0.410 e. The molecule has 0 aromatic carbocycles. The van der Waals surface area contributed by atoms with E-state index in [4.69, 9.17) is 8.85 Å². The van der Waals surface area contributed by atoms with Gasteiger partial charge in [0.25, 0.3) is 0 Å². The van der Waals surface area contributed by atoms with Gasteiger partial charge in [0.2, 0.25) is 0 Å². The third-order valence-electron chi connectivity index (χ3n) is 2.56. The van der Waals surface area contributed by atoms with Crippen LogP contribution in [0.25, 0.3) is 0 Å². The van der Waals surface area contributed by atoms with Gasteiger partial charge in [-0.25, -0.2) is 9.78 Å². The Bertz CT molecular complexity index is 517. The Morgan fingerprint density at radius 1 is 1.59 bits per heavy atom. The Hall–Kier alpha value is -1.52. The van der Waals surface area contributed by atoms with E-state index >= 15 is 0 Å². The van der Waals surface area contributed by atoms with E-state index in [0.29, 0.717) is 24.4 Å². The van der Waals surface area contributed by atoms with E-state index < -0.39 is 18.7 Å². The number of ether oxygens (including phenoxy) is 1. The maximum absolute atomic E-state index is 12.0. The van der Waals surface area contributed by atoms with E-state index in [1.54, 1.807) is 4.90 Å². The summed E-state index contributed by atoms with van der Waals surface area (Å²) in [6, 6.07) is 0. The molecule has 1 amide bonds. The van der Waals surface area contributed by atoms with Crippen LogP contribution in [0.4, 0.5) is 4.79 Å². The van der Waals surface area contributed by atoms with Crippen molar-refractivity contribution in [2.75, 3.05) is 6.54 Å². The molecule has 1 aromatic heterocycles.